The number of nitrogens with one attached hydrogen (secondary N) is 2. The Morgan fingerprint density at radius 3 is 2.84 bits per heavy atom. The molecule has 0 spiro atoms. The predicted molar refractivity (Wildman–Crippen MR) is 115 cm³/mol. The molecule has 2 aliphatic heterocycles. The second kappa shape index (κ2) is 7.88. The van der Waals surface area contributed by atoms with Gasteiger partial charge in [-0.25, -0.2) is 0 Å². The van der Waals surface area contributed by atoms with E-state index in [2.05, 4.69) is 15.6 Å². The largest absolute Gasteiger partial charge is 0.348 e. The Labute approximate surface area is 183 Å². The lowest BCUT2D eigenvalue weighted by Crippen LogP contribution is -2.52. The van der Waals surface area contributed by atoms with Gasteiger partial charge in [0.05, 0.1) is 5.52 Å². The van der Waals surface area contributed by atoms with Gasteiger partial charge in [-0.2, -0.15) is 0 Å². The highest BCUT2D eigenvalue weighted by Crippen LogP contribution is 2.28. The van der Waals surface area contributed by atoms with Crippen LogP contribution in [-0.2, 0) is 22.7 Å². The summed E-state index contributed by atoms with van der Waals surface area (Å²) in [6.45, 7) is 0.609. The van der Waals surface area contributed by atoms with Crippen LogP contribution in [0, 0.1) is 0 Å². The van der Waals surface area contributed by atoms with Crippen LogP contribution >= 0.6 is 0 Å². The third-order valence-electron chi connectivity index (χ3n) is 5.91. The summed E-state index contributed by atoms with van der Waals surface area (Å²) < 4.78 is 0. The van der Waals surface area contributed by atoms with Gasteiger partial charge in [-0.1, -0.05) is 24.3 Å². The van der Waals surface area contributed by atoms with Gasteiger partial charge in [0.15, 0.2) is 0 Å². The first kappa shape index (κ1) is 19.9. The standard InChI is InChI=1S/C24H20N4O4/c29-21-8-7-20(23(31)27-21)28-13-17-10-14(3-6-18(17)24(28)32)12-26-22(30)16-5-4-15-2-1-9-25-19(15)11-16/h1-6,9-11,20H,7-8,12-13H2,(H,26,30)(H,27,29,31). The van der Waals surface area contributed by atoms with Crippen LogP contribution in [0.25, 0.3) is 10.9 Å². The Balaban J connectivity index is 1.27. The van der Waals surface area contributed by atoms with Crippen molar-refractivity contribution >= 4 is 34.5 Å². The molecule has 3 heterocycles. The molecule has 0 saturated carbocycles. The highest BCUT2D eigenvalue weighted by Gasteiger charge is 2.39. The van der Waals surface area contributed by atoms with E-state index < -0.39 is 11.9 Å². The first-order chi connectivity index (χ1) is 15.5. The van der Waals surface area contributed by atoms with E-state index >= 15 is 0 Å². The van der Waals surface area contributed by atoms with Crippen LogP contribution in [0.2, 0.25) is 0 Å². The number of rotatable bonds is 4. The average Bonchev–Trinajstić information content (AvgIpc) is 3.12. The number of carbonyl (C=O) groups excluding carboxylic acids is 4. The minimum atomic E-state index is -0.641. The van der Waals surface area contributed by atoms with Crippen LogP contribution in [0.1, 0.15) is 44.7 Å². The van der Waals surface area contributed by atoms with E-state index in [-0.39, 0.29) is 24.1 Å². The highest BCUT2D eigenvalue weighted by atomic mass is 16.2. The zero-order valence-electron chi connectivity index (χ0n) is 17.1. The first-order valence-electron chi connectivity index (χ1n) is 10.4. The van der Waals surface area contributed by atoms with Crippen molar-refractivity contribution < 1.29 is 19.2 Å². The van der Waals surface area contributed by atoms with Gasteiger partial charge in [0.1, 0.15) is 6.04 Å². The number of pyridine rings is 1. The second-order valence-corrected chi connectivity index (χ2v) is 7.99. The molecule has 0 radical (unpaired) electrons. The van der Waals surface area contributed by atoms with Gasteiger partial charge < -0.3 is 10.2 Å². The monoisotopic (exact) mass is 428 g/mol. The molecule has 1 unspecified atom stereocenters. The fourth-order valence-electron chi connectivity index (χ4n) is 4.23. The van der Waals surface area contributed by atoms with E-state index in [1.807, 2.05) is 24.3 Å². The van der Waals surface area contributed by atoms with Crippen molar-refractivity contribution in [3.8, 4) is 0 Å². The summed E-state index contributed by atoms with van der Waals surface area (Å²) in [7, 11) is 0. The summed E-state index contributed by atoms with van der Waals surface area (Å²) in [5.74, 6) is -1.16. The Morgan fingerprint density at radius 1 is 1.12 bits per heavy atom. The summed E-state index contributed by atoms with van der Waals surface area (Å²) >= 11 is 0. The maximum absolute atomic E-state index is 12.8. The SMILES string of the molecule is O=C1CCC(N2Cc3cc(CNC(=O)c4ccc5cccnc5c4)ccc3C2=O)C(=O)N1. The maximum Gasteiger partial charge on any atom is 0.255 e. The van der Waals surface area contributed by atoms with Crippen LogP contribution in [0.3, 0.4) is 0 Å². The maximum atomic E-state index is 12.8. The van der Waals surface area contributed by atoms with Crippen molar-refractivity contribution in [1.29, 1.82) is 0 Å². The molecule has 0 aliphatic carbocycles. The minimum Gasteiger partial charge on any atom is -0.348 e. The molecule has 5 rings (SSSR count). The minimum absolute atomic E-state index is 0.209. The fraction of sp³-hybridized carbons (Fsp3) is 0.208. The van der Waals surface area contributed by atoms with Crippen molar-refractivity contribution in [2.75, 3.05) is 0 Å². The van der Waals surface area contributed by atoms with Gasteiger partial charge in [-0.05, 0) is 41.8 Å². The number of benzene rings is 2. The first-order valence-corrected chi connectivity index (χ1v) is 10.4. The molecule has 1 aromatic heterocycles. The third kappa shape index (κ3) is 3.60. The normalized spacial score (nSPS) is 17.9. The van der Waals surface area contributed by atoms with Gasteiger partial charge >= 0.3 is 0 Å². The summed E-state index contributed by atoms with van der Waals surface area (Å²) in [6, 6.07) is 13.9. The van der Waals surface area contributed by atoms with E-state index in [1.54, 1.807) is 30.5 Å². The van der Waals surface area contributed by atoms with Crippen LogP contribution in [-0.4, -0.2) is 39.6 Å². The molecule has 1 fully saturated rings. The number of imide groups is 1. The fourth-order valence-corrected chi connectivity index (χ4v) is 4.23. The number of fused-ring (bicyclic) bond motifs is 2. The molecule has 1 saturated heterocycles. The molecule has 4 amide bonds. The van der Waals surface area contributed by atoms with Crippen molar-refractivity contribution in [3.05, 3.63) is 77.0 Å². The van der Waals surface area contributed by atoms with E-state index in [4.69, 9.17) is 0 Å². The lowest BCUT2D eigenvalue weighted by atomic mass is 10.0. The van der Waals surface area contributed by atoms with Gasteiger partial charge in [0.25, 0.3) is 11.8 Å². The molecular weight excluding hydrogens is 408 g/mol. The molecule has 1 atom stereocenters. The molecule has 32 heavy (non-hydrogen) atoms. The molecule has 2 aromatic carbocycles. The number of carbonyl (C=O) groups is 4. The van der Waals surface area contributed by atoms with Crippen LogP contribution < -0.4 is 10.6 Å². The van der Waals surface area contributed by atoms with Crippen molar-refractivity contribution in [1.82, 2.24) is 20.5 Å². The van der Waals surface area contributed by atoms with Gasteiger partial charge in [0.2, 0.25) is 11.8 Å². The molecule has 8 nitrogen and oxygen atoms in total. The van der Waals surface area contributed by atoms with Crippen LogP contribution in [0.4, 0.5) is 0 Å². The van der Waals surface area contributed by atoms with Crippen LogP contribution in [0.5, 0.6) is 0 Å². The summed E-state index contributed by atoms with van der Waals surface area (Å²) in [5.41, 5.74) is 3.49. The van der Waals surface area contributed by atoms with Gasteiger partial charge in [0, 0.05) is 42.2 Å². The quantitative estimate of drug-likeness (QED) is 0.618. The topological polar surface area (TPSA) is 108 Å². The Kier molecular flexibility index (Phi) is 4.89. The molecule has 2 aliphatic rings. The van der Waals surface area contributed by atoms with Crippen molar-refractivity contribution in [2.45, 2.75) is 32.0 Å². The molecule has 0 bridgehead atoms. The summed E-state index contributed by atoms with van der Waals surface area (Å²) in [4.78, 5) is 54.7. The average molecular weight is 428 g/mol. The van der Waals surface area contributed by atoms with Crippen molar-refractivity contribution in [2.24, 2.45) is 0 Å². The Hall–Kier alpha value is -4.07. The Morgan fingerprint density at radius 2 is 2.00 bits per heavy atom. The zero-order valence-corrected chi connectivity index (χ0v) is 17.1. The molecule has 160 valence electrons. The van der Waals surface area contributed by atoms with E-state index in [1.165, 1.54) is 4.90 Å². The highest BCUT2D eigenvalue weighted by molar-refractivity contribution is 6.05. The summed E-state index contributed by atoms with van der Waals surface area (Å²) in [5, 5.41) is 6.17. The molecule has 3 aromatic rings. The number of hydrogen-bond donors (Lipinski definition) is 2. The number of nitrogens with zero attached hydrogens (tertiary/aromatic N) is 2. The number of hydrogen-bond acceptors (Lipinski definition) is 5. The van der Waals surface area contributed by atoms with Crippen LogP contribution in [0.15, 0.2) is 54.7 Å². The van der Waals surface area contributed by atoms with E-state index in [0.717, 1.165) is 22.0 Å². The third-order valence-corrected chi connectivity index (χ3v) is 5.91. The number of amides is 4. The van der Waals surface area contributed by atoms with E-state index in [0.29, 0.717) is 30.6 Å². The zero-order chi connectivity index (χ0) is 22.2. The Bertz CT molecular complexity index is 1290. The van der Waals surface area contributed by atoms with E-state index in [9.17, 15) is 19.2 Å². The smallest absolute Gasteiger partial charge is 0.255 e. The summed E-state index contributed by atoms with van der Waals surface area (Å²) in [6.07, 6.45) is 2.24. The van der Waals surface area contributed by atoms with Crippen molar-refractivity contribution in [3.63, 3.8) is 0 Å². The lowest BCUT2D eigenvalue weighted by Gasteiger charge is -2.29. The van der Waals surface area contributed by atoms with Gasteiger partial charge in [-0.15, -0.1) is 0 Å². The second-order valence-electron chi connectivity index (χ2n) is 7.99. The lowest BCUT2D eigenvalue weighted by molar-refractivity contribution is -0.136. The number of piperidine rings is 1. The molecule has 8 heteroatoms. The molecule has 2 N–H and O–H groups in total. The predicted octanol–water partition coefficient (Wildman–Crippen LogP) is 1.93. The number of aromatic nitrogens is 1. The van der Waals surface area contributed by atoms with Gasteiger partial charge in [-0.3, -0.25) is 29.5 Å². The molecular formula is C24H20N4O4.